The van der Waals surface area contributed by atoms with Gasteiger partial charge in [0, 0.05) is 13.2 Å². The van der Waals surface area contributed by atoms with E-state index in [0.29, 0.717) is 30.0 Å². The minimum Gasteiger partial charge on any atom is -0.474 e. The molecule has 96 valence electrons. The average molecular weight is 239 g/mol. The molecule has 1 aromatic rings. The Hall–Kier alpha value is -1.36. The van der Waals surface area contributed by atoms with E-state index in [2.05, 4.69) is 23.8 Å². The number of methoxy groups -OCH3 is 1. The Labute approximate surface area is 102 Å². The van der Waals surface area contributed by atoms with E-state index in [1.807, 2.05) is 6.92 Å². The van der Waals surface area contributed by atoms with Crippen LogP contribution in [0.2, 0.25) is 0 Å². The van der Waals surface area contributed by atoms with Gasteiger partial charge in [0.1, 0.15) is 12.4 Å². The highest BCUT2D eigenvalue weighted by Gasteiger charge is 2.09. The van der Waals surface area contributed by atoms with Crippen molar-refractivity contribution in [3.63, 3.8) is 0 Å². The zero-order valence-electron chi connectivity index (χ0n) is 10.9. The summed E-state index contributed by atoms with van der Waals surface area (Å²) in [7, 11) is 1.59. The van der Waals surface area contributed by atoms with Crippen molar-refractivity contribution < 1.29 is 9.47 Å². The number of nitrogens with zero attached hydrogens (tertiary/aromatic N) is 2. The molecule has 5 heteroatoms. The molecule has 5 nitrogen and oxygen atoms in total. The lowest BCUT2D eigenvalue weighted by atomic mass is 10.1. The van der Waals surface area contributed by atoms with Gasteiger partial charge in [0.25, 0.3) is 0 Å². The molecule has 0 aliphatic rings. The predicted molar refractivity (Wildman–Crippen MR) is 66.7 cm³/mol. The average Bonchev–Trinajstić information content (AvgIpc) is 2.14. The van der Waals surface area contributed by atoms with Crippen molar-refractivity contribution in [2.45, 2.75) is 39.9 Å². The lowest BCUT2D eigenvalue weighted by molar-refractivity contribution is 0.168. The Balaban J connectivity index is 2.69. The molecule has 0 saturated carbocycles. The van der Waals surface area contributed by atoms with Gasteiger partial charge in [-0.15, -0.1) is 0 Å². The van der Waals surface area contributed by atoms with Crippen molar-refractivity contribution in [3.8, 4) is 5.88 Å². The van der Waals surface area contributed by atoms with E-state index in [-0.39, 0.29) is 6.10 Å². The van der Waals surface area contributed by atoms with Gasteiger partial charge in [0.05, 0.1) is 6.10 Å². The van der Waals surface area contributed by atoms with Crippen molar-refractivity contribution in [1.29, 1.82) is 0 Å². The second kappa shape index (κ2) is 6.39. The van der Waals surface area contributed by atoms with E-state index in [9.17, 15) is 0 Å². The van der Waals surface area contributed by atoms with Gasteiger partial charge < -0.3 is 15.2 Å². The zero-order valence-corrected chi connectivity index (χ0v) is 10.9. The first-order valence-electron chi connectivity index (χ1n) is 5.80. The molecule has 1 atom stereocenters. The second-order valence-electron chi connectivity index (χ2n) is 4.54. The van der Waals surface area contributed by atoms with Crippen LogP contribution in [-0.4, -0.2) is 23.2 Å². The predicted octanol–water partition coefficient (Wildman–Crippen LogP) is 2.02. The molecule has 2 N–H and O–H groups in total. The maximum atomic E-state index is 5.71. The van der Waals surface area contributed by atoms with Crippen LogP contribution in [0, 0.1) is 5.92 Å². The molecule has 0 fully saturated rings. The van der Waals surface area contributed by atoms with Gasteiger partial charge in [-0.05, 0) is 19.3 Å². The molecular weight excluding hydrogens is 218 g/mol. The third-order valence-corrected chi connectivity index (χ3v) is 2.17. The molecular formula is C12H21N3O2. The summed E-state index contributed by atoms with van der Waals surface area (Å²) >= 11 is 0. The van der Waals surface area contributed by atoms with E-state index < -0.39 is 0 Å². The third kappa shape index (κ3) is 4.99. The Bertz CT molecular complexity index is 356. The molecule has 1 aromatic heterocycles. The Morgan fingerprint density at radius 3 is 2.59 bits per heavy atom. The zero-order chi connectivity index (χ0) is 12.8. The molecule has 0 aromatic carbocycles. The first-order valence-corrected chi connectivity index (χ1v) is 5.80. The summed E-state index contributed by atoms with van der Waals surface area (Å²) in [6.07, 6.45) is 1.09. The molecule has 0 bridgehead atoms. The SMILES string of the molecule is COCc1nc(N)cc(OC(C)CC(C)C)n1. The normalized spacial score (nSPS) is 12.8. The summed E-state index contributed by atoms with van der Waals surface area (Å²) in [5, 5.41) is 0. The van der Waals surface area contributed by atoms with Crippen LogP contribution in [0.1, 0.15) is 33.0 Å². The minimum absolute atomic E-state index is 0.111. The molecule has 0 aliphatic carbocycles. The number of hydrogen-bond donors (Lipinski definition) is 1. The summed E-state index contributed by atoms with van der Waals surface area (Å²) in [5.41, 5.74) is 5.68. The number of rotatable bonds is 6. The maximum absolute atomic E-state index is 5.71. The van der Waals surface area contributed by atoms with Crippen molar-refractivity contribution in [2.75, 3.05) is 12.8 Å². The van der Waals surface area contributed by atoms with Crippen LogP contribution in [0.15, 0.2) is 6.07 Å². The van der Waals surface area contributed by atoms with Gasteiger partial charge >= 0.3 is 0 Å². The number of hydrogen-bond acceptors (Lipinski definition) is 5. The highest BCUT2D eigenvalue weighted by Crippen LogP contribution is 2.16. The summed E-state index contributed by atoms with van der Waals surface area (Å²) < 4.78 is 10.7. The van der Waals surface area contributed by atoms with E-state index >= 15 is 0 Å². The fourth-order valence-electron chi connectivity index (χ4n) is 1.66. The van der Waals surface area contributed by atoms with Crippen molar-refractivity contribution in [3.05, 3.63) is 11.9 Å². The fourth-order valence-corrected chi connectivity index (χ4v) is 1.66. The highest BCUT2D eigenvalue weighted by atomic mass is 16.5. The Kier molecular flexibility index (Phi) is 5.15. The van der Waals surface area contributed by atoms with Crippen molar-refractivity contribution >= 4 is 5.82 Å². The molecule has 1 unspecified atom stereocenters. The monoisotopic (exact) mass is 239 g/mol. The third-order valence-electron chi connectivity index (χ3n) is 2.17. The van der Waals surface area contributed by atoms with Crippen LogP contribution in [0.4, 0.5) is 5.82 Å². The van der Waals surface area contributed by atoms with Crippen LogP contribution in [0.3, 0.4) is 0 Å². The number of nitrogens with two attached hydrogens (primary N) is 1. The largest absolute Gasteiger partial charge is 0.474 e. The number of anilines is 1. The molecule has 1 rings (SSSR count). The molecule has 0 saturated heterocycles. The molecule has 1 heterocycles. The fraction of sp³-hybridized carbons (Fsp3) is 0.667. The standard InChI is InChI=1S/C12H21N3O2/c1-8(2)5-9(3)17-12-6-10(13)14-11(15-12)7-16-4/h6,8-9H,5,7H2,1-4H3,(H2,13,14,15). The van der Waals surface area contributed by atoms with Gasteiger partial charge in [-0.2, -0.15) is 4.98 Å². The molecule has 0 amide bonds. The first kappa shape index (κ1) is 13.7. The quantitative estimate of drug-likeness (QED) is 0.822. The first-order chi connectivity index (χ1) is 8.01. The Morgan fingerprint density at radius 2 is 2.00 bits per heavy atom. The number of aromatic nitrogens is 2. The summed E-state index contributed by atoms with van der Waals surface area (Å²) in [6, 6.07) is 1.63. The van der Waals surface area contributed by atoms with E-state index in [4.69, 9.17) is 15.2 Å². The van der Waals surface area contributed by atoms with Gasteiger partial charge in [0.2, 0.25) is 5.88 Å². The molecule has 0 radical (unpaired) electrons. The second-order valence-corrected chi connectivity index (χ2v) is 4.54. The van der Waals surface area contributed by atoms with Crippen LogP contribution < -0.4 is 10.5 Å². The van der Waals surface area contributed by atoms with E-state index in [1.54, 1.807) is 13.2 Å². The van der Waals surface area contributed by atoms with Crippen LogP contribution >= 0.6 is 0 Å². The highest BCUT2D eigenvalue weighted by molar-refractivity contribution is 5.32. The smallest absolute Gasteiger partial charge is 0.219 e. The van der Waals surface area contributed by atoms with Crippen LogP contribution in [0.25, 0.3) is 0 Å². The lowest BCUT2D eigenvalue weighted by Crippen LogP contribution is -2.16. The number of nitrogen functional groups attached to an aromatic ring is 1. The summed E-state index contributed by atoms with van der Waals surface area (Å²) in [5.74, 6) is 2.04. The van der Waals surface area contributed by atoms with Gasteiger partial charge in [-0.1, -0.05) is 13.8 Å². The maximum Gasteiger partial charge on any atom is 0.219 e. The molecule has 17 heavy (non-hydrogen) atoms. The van der Waals surface area contributed by atoms with E-state index in [0.717, 1.165) is 6.42 Å². The van der Waals surface area contributed by atoms with Gasteiger partial charge in [-0.25, -0.2) is 4.98 Å². The molecule has 0 spiro atoms. The minimum atomic E-state index is 0.111. The van der Waals surface area contributed by atoms with E-state index in [1.165, 1.54) is 0 Å². The van der Waals surface area contributed by atoms with Crippen LogP contribution in [-0.2, 0) is 11.3 Å². The number of ether oxygens (including phenoxy) is 2. The molecule has 0 aliphatic heterocycles. The van der Waals surface area contributed by atoms with Crippen molar-refractivity contribution in [1.82, 2.24) is 9.97 Å². The van der Waals surface area contributed by atoms with Gasteiger partial charge in [0.15, 0.2) is 5.82 Å². The Morgan fingerprint density at radius 1 is 1.29 bits per heavy atom. The van der Waals surface area contributed by atoms with Crippen LogP contribution in [0.5, 0.6) is 5.88 Å². The summed E-state index contributed by atoms with van der Waals surface area (Å²) in [4.78, 5) is 8.29. The van der Waals surface area contributed by atoms with Gasteiger partial charge in [-0.3, -0.25) is 0 Å². The summed E-state index contributed by atoms with van der Waals surface area (Å²) in [6.45, 7) is 6.67. The lowest BCUT2D eigenvalue weighted by Gasteiger charge is -2.16. The topological polar surface area (TPSA) is 70.3 Å². The van der Waals surface area contributed by atoms with Crippen molar-refractivity contribution in [2.24, 2.45) is 5.92 Å².